The summed E-state index contributed by atoms with van der Waals surface area (Å²) in [6.45, 7) is 0. The van der Waals surface area contributed by atoms with Crippen LogP contribution in [-0.4, -0.2) is 14.0 Å². The molecule has 0 saturated heterocycles. The van der Waals surface area contributed by atoms with Gasteiger partial charge < -0.3 is 4.57 Å². The van der Waals surface area contributed by atoms with Crippen LogP contribution in [0.15, 0.2) is 152 Å². The summed E-state index contributed by atoms with van der Waals surface area (Å²) in [6, 6.07) is 56.2. The normalized spacial score (nSPS) is 14.1. The monoisotopic (exact) mass is 595 g/mol. The van der Waals surface area contributed by atoms with Gasteiger partial charge in [-0.05, 0) is 75.2 Å². The minimum absolute atomic E-state index is 0.409. The molecule has 0 fully saturated rings. The summed E-state index contributed by atoms with van der Waals surface area (Å²) in [5, 5.41) is 6.17. The van der Waals surface area contributed by atoms with Gasteiger partial charge in [-0.15, -0.1) is 0 Å². The largest absolute Gasteiger partial charge is 0.309 e. The predicted octanol–water partition coefficient (Wildman–Crippen LogP) is 10.6. The molecule has 0 radical (unpaired) electrons. The summed E-state index contributed by atoms with van der Waals surface area (Å²) in [4.78, 5) is 5.24. The molecule has 10 aromatic rings. The third kappa shape index (κ3) is 2.64. The molecule has 7 aromatic carbocycles. The topological polar surface area (TPSA) is 22.2 Å². The van der Waals surface area contributed by atoms with E-state index < -0.39 is 5.41 Å². The highest BCUT2D eigenvalue weighted by molar-refractivity contribution is 6.22. The molecule has 3 nitrogen and oxygen atoms in total. The zero-order chi connectivity index (χ0) is 30.4. The fourth-order valence-electron chi connectivity index (χ4n) is 9.36. The lowest BCUT2D eigenvalue weighted by Crippen LogP contribution is -2.33. The molecular formula is C44H25N3. The number of aromatic nitrogens is 3. The third-order valence-electron chi connectivity index (χ3n) is 11.1. The maximum atomic E-state index is 5.24. The molecule has 0 N–H and O–H groups in total. The zero-order valence-corrected chi connectivity index (χ0v) is 25.3. The Labute approximate surface area is 269 Å². The van der Waals surface area contributed by atoms with E-state index in [-0.39, 0.29) is 0 Å². The van der Waals surface area contributed by atoms with Crippen molar-refractivity contribution in [2.45, 2.75) is 5.41 Å². The SMILES string of the molecule is c1ccc2c(c1)-c1ccccc1C21c2ccccc2-n2c3cc4c5ccccc5n5c6ccccc6nc5c4cc3c3cccc1c32. The van der Waals surface area contributed by atoms with E-state index in [0.29, 0.717) is 0 Å². The highest BCUT2D eigenvalue weighted by atomic mass is 15.0. The van der Waals surface area contributed by atoms with Crippen molar-refractivity contribution in [1.82, 2.24) is 14.0 Å². The molecule has 1 spiro atoms. The second-order valence-electron chi connectivity index (χ2n) is 13.1. The Kier molecular flexibility index (Phi) is 4.17. The van der Waals surface area contributed by atoms with Gasteiger partial charge in [0.25, 0.3) is 0 Å². The van der Waals surface area contributed by atoms with Crippen LogP contribution in [0.5, 0.6) is 0 Å². The van der Waals surface area contributed by atoms with E-state index >= 15 is 0 Å². The Balaban J connectivity index is 1.32. The first-order valence-electron chi connectivity index (χ1n) is 16.3. The van der Waals surface area contributed by atoms with Crippen molar-refractivity contribution in [1.29, 1.82) is 0 Å². The van der Waals surface area contributed by atoms with Gasteiger partial charge in [0.1, 0.15) is 5.65 Å². The van der Waals surface area contributed by atoms with Gasteiger partial charge in [0.15, 0.2) is 0 Å². The van der Waals surface area contributed by atoms with Crippen LogP contribution in [0.25, 0.3) is 77.0 Å². The van der Waals surface area contributed by atoms with Crippen LogP contribution in [0.2, 0.25) is 0 Å². The minimum Gasteiger partial charge on any atom is -0.309 e. The smallest absolute Gasteiger partial charge is 0.146 e. The highest BCUT2D eigenvalue weighted by Crippen LogP contribution is 2.61. The summed E-state index contributed by atoms with van der Waals surface area (Å²) in [7, 11) is 0. The molecule has 1 aliphatic heterocycles. The van der Waals surface area contributed by atoms with Crippen molar-refractivity contribution >= 4 is 60.2 Å². The number of benzene rings is 7. The molecule has 0 saturated carbocycles. The molecule has 47 heavy (non-hydrogen) atoms. The van der Waals surface area contributed by atoms with E-state index in [1.165, 1.54) is 82.5 Å². The molecular weight excluding hydrogens is 571 g/mol. The molecule has 2 aliphatic rings. The van der Waals surface area contributed by atoms with Crippen molar-refractivity contribution in [2.24, 2.45) is 0 Å². The fourth-order valence-corrected chi connectivity index (χ4v) is 9.36. The Hall–Kier alpha value is -6.19. The van der Waals surface area contributed by atoms with Gasteiger partial charge in [-0.1, -0.05) is 115 Å². The number of imidazole rings is 1. The lowest BCUT2D eigenvalue weighted by Gasteiger charge is -2.39. The number of para-hydroxylation sites is 5. The quantitative estimate of drug-likeness (QED) is 0.160. The van der Waals surface area contributed by atoms with Gasteiger partial charge in [0.2, 0.25) is 0 Å². The maximum absolute atomic E-state index is 5.24. The first kappa shape index (κ1) is 24.1. The Morgan fingerprint density at radius 3 is 1.89 bits per heavy atom. The molecule has 216 valence electrons. The number of nitrogens with zero attached hydrogens (tertiary/aromatic N) is 3. The van der Waals surface area contributed by atoms with Crippen LogP contribution in [0, 0.1) is 0 Å². The first-order valence-corrected chi connectivity index (χ1v) is 16.3. The second-order valence-corrected chi connectivity index (χ2v) is 13.1. The standard InChI is InChI=1S/C44H25N3/c1-4-16-33-26(12-1)27-13-2-5-17-34(27)44(33)35-18-6-9-22-39(35)46-41-25-30-28-14-3-8-21-38(28)47-40-23-10-7-20-37(40)45-43(47)32(30)24-31(41)29-15-11-19-36(44)42(29)46/h1-25H. The molecule has 1 aliphatic carbocycles. The Morgan fingerprint density at radius 2 is 1.06 bits per heavy atom. The summed E-state index contributed by atoms with van der Waals surface area (Å²) in [6.07, 6.45) is 0. The number of rotatable bonds is 0. The molecule has 3 aromatic heterocycles. The summed E-state index contributed by atoms with van der Waals surface area (Å²) in [5.74, 6) is 0. The molecule has 0 amide bonds. The average molecular weight is 596 g/mol. The van der Waals surface area contributed by atoms with Crippen molar-refractivity contribution in [3.63, 3.8) is 0 Å². The van der Waals surface area contributed by atoms with Gasteiger partial charge in [-0.3, -0.25) is 4.40 Å². The van der Waals surface area contributed by atoms with Gasteiger partial charge >= 0.3 is 0 Å². The Morgan fingerprint density at radius 1 is 0.426 bits per heavy atom. The van der Waals surface area contributed by atoms with Gasteiger partial charge in [-0.25, -0.2) is 4.98 Å². The lowest BCUT2D eigenvalue weighted by molar-refractivity contribution is 0.748. The van der Waals surface area contributed by atoms with Crippen molar-refractivity contribution in [2.75, 3.05) is 0 Å². The average Bonchev–Trinajstić information content (AvgIpc) is 3.78. The summed E-state index contributed by atoms with van der Waals surface area (Å²) >= 11 is 0. The van der Waals surface area contributed by atoms with Crippen molar-refractivity contribution < 1.29 is 0 Å². The van der Waals surface area contributed by atoms with Crippen LogP contribution < -0.4 is 0 Å². The number of hydrogen-bond donors (Lipinski definition) is 0. The van der Waals surface area contributed by atoms with E-state index in [1.807, 2.05) is 0 Å². The molecule has 0 unspecified atom stereocenters. The van der Waals surface area contributed by atoms with E-state index in [0.717, 1.165) is 16.7 Å². The Bertz CT molecular complexity index is 2980. The van der Waals surface area contributed by atoms with E-state index in [9.17, 15) is 0 Å². The van der Waals surface area contributed by atoms with Crippen LogP contribution in [-0.2, 0) is 5.41 Å². The molecule has 12 rings (SSSR count). The van der Waals surface area contributed by atoms with Gasteiger partial charge in [0.05, 0.1) is 38.7 Å². The number of pyridine rings is 1. The second kappa shape index (κ2) is 8.14. The van der Waals surface area contributed by atoms with Crippen molar-refractivity contribution in [3.8, 4) is 16.8 Å². The third-order valence-corrected chi connectivity index (χ3v) is 11.1. The van der Waals surface area contributed by atoms with Crippen LogP contribution in [0.1, 0.15) is 22.3 Å². The molecule has 4 heterocycles. The van der Waals surface area contributed by atoms with Gasteiger partial charge in [0, 0.05) is 21.5 Å². The van der Waals surface area contributed by atoms with E-state index in [2.05, 4.69) is 161 Å². The molecule has 0 atom stereocenters. The lowest BCUT2D eigenvalue weighted by atomic mass is 9.65. The van der Waals surface area contributed by atoms with Crippen LogP contribution >= 0.6 is 0 Å². The minimum atomic E-state index is -0.409. The van der Waals surface area contributed by atoms with E-state index in [1.54, 1.807) is 0 Å². The predicted molar refractivity (Wildman–Crippen MR) is 193 cm³/mol. The summed E-state index contributed by atoms with van der Waals surface area (Å²) < 4.78 is 4.89. The number of hydrogen-bond acceptors (Lipinski definition) is 1. The molecule has 3 heteroatoms. The van der Waals surface area contributed by atoms with Gasteiger partial charge in [-0.2, -0.15) is 0 Å². The molecule has 0 bridgehead atoms. The summed E-state index contributed by atoms with van der Waals surface area (Å²) in [5.41, 5.74) is 15.7. The number of fused-ring (bicyclic) bond motifs is 20. The van der Waals surface area contributed by atoms with E-state index in [4.69, 9.17) is 4.98 Å². The maximum Gasteiger partial charge on any atom is 0.146 e. The fraction of sp³-hybridized carbons (Fsp3) is 0.0227. The first-order chi connectivity index (χ1) is 23.3. The van der Waals surface area contributed by atoms with Crippen LogP contribution in [0.4, 0.5) is 0 Å². The van der Waals surface area contributed by atoms with Crippen LogP contribution in [0.3, 0.4) is 0 Å². The highest BCUT2D eigenvalue weighted by Gasteiger charge is 2.50. The zero-order valence-electron chi connectivity index (χ0n) is 25.3. The van der Waals surface area contributed by atoms with Crippen molar-refractivity contribution in [3.05, 3.63) is 174 Å².